The molecule has 3 aliphatic heterocycles. The van der Waals surface area contributed by atoms with E-state index >= 15 is 0 Å². The lowest BCUT2D eigenvalue weighted by Crippen LogP contribution is -2.41. The molecule has 0 radical (unpaired) electrons. The maximum absolute atomic E-state index is 13.7. The Balaban J connectivity index is 1.64. The SMILES string of the molecule is CN1C(=O)C2(COc3cc4c(cc32)OCCO4)c2c(-c3ccccc3)cccc21. The van der Waals surface area contributed by atoms with Crippen LogP contribution in [-0.2, 0) is 10.2 Å². The van der Waals surface area contributed by atoms with Crippen LogP contribution in [0.15, 0.2) is 60.7 Å². The van der Waals surface area contributed by atoms with Crippen molar-refractivity contribution in [2.75, 3.05) is 31.8 Å². The summed E-state index contributed by atoms with van der Waals surface area (Å²) in [6, 6.07) is 20.1. The van der Waals surface area contributed by atoms with Crippen molar-refractivity contribution >= 4 is 11.6 Å². The average Bonchev–Trinajstić information content (AvgIpc) is 3.25. The quantitative estimate of drug-likeness (QED) is 0.640. The Morgan fingerprint density at radius 2 is 1.62 bits per heavy atom. The highest BCUT2D eigenvalue weighted by Gasteiger charge is 2.57. The Morgan fingerprint density at radius 3 is 2.41 bits per heavy atom. The predicted octanol–water partition coefficient (Wildman–Crippen LogP) is 3.78. The van der Waals surface area contributed by atoms with E-state index in [1.807, 2.05) is 49.5 Å². The first-order chi connectivity index (χ1) is 14.2. The monoisotopic (exact) mass is 385 g/mol. The van der Waals surface area contributed by atoms with Crippen LogP contribution in [0.1, 0.15) is 11.1 Å². The molecule has 5 nitrogen and oxygen atoms in total. The number of carbonyl (C=O) groups is 1. The van der Waals surface area contributed by atoms with Gasteiger partial charge in [-0.25, -0.2) is 0 Å². The van der Waals surface area contributed by atoms with Gasteiger partial charge in [-0.3, -0.25) is 4.79 Å². The largest absolute Gasteiger partial charge is 0.491 e. The van der Waals surface area contributed by atoms with Crippen LogP contribution in [0.5, 0.6) is 17.2 Å². The third kappa shape index (κ3) is 2.07. The van der Waals surface area contributed by atoms with E-state index in [0.717, 1.165) is 27.9 Å². The van der Waals surface area contributed by atoms with Gasteiger partial charge < -0.3 is 19.1 Å². The molecule has 6 rings (SSSR count). The summed E-state index contributed by atoms with van der Waals surface area (Å²) < 4.78 is 17.6. The molecule has 1 unspecified atom stereocenters. The summed E-state index contributed by atoms with van der Waals surface area (Å²) in [4.78, 5) is 15.4. The van der Waals surface area contributed by atoms with E-state index in [1.165, 1.54) is 0 Å². The van der Waals surface area contributed by atoms with Crippen LogP contribution in [0.25, 0.3) is 11.1 Å². The number of anilines is 1. The molecule has 0 fully saturated rings. The van der Waals surface area contributed by atoms with E-state index in [-0.39, 0.29) is 12.5 Å². The zero-order valence-corrected chi connectivity index (χ0v) is 16.0. The fraction of sp³-hybridized carbons (Fsp3) is 0.208. The van der Waals surface area contributed by atoms with Crippen LogP contribution in [0.4, 0.5) is 5.69 Å². The first-order valence-electron chi connectivity index (χ1n) is 9.74. The number of rotatable bonds is 1. The van der Waals surface area contributed by atoms with Gasteiger partial charge in [-0.05, 0) is 23.3 Å². The average molecular weight is 385 g/mol. The van der Waals surface area contributed by atoms with Gasteiger partial charge in [-0.1, -0.05) is 42.5 Å². The van der Waals surface area contributed by atoms with Gasteiger partial charge in [0.05, 0.1) is 0 Å². The lowest BCUT2D eigenvalue weighted by Gasteiger charge is -2.25. The number of carbonyl (C=O) groups excluding carboxylic acids is 1. The molecule has 5 heteroatoms. The number of hydrogen-bond acceptors (Lipinski definition) is 4. The van der Waals surface area contributed by atoms with Crippen molar-refractivity contribution in [1.82, 2.24) is 0 Å². The van der Waals surface area contributed by atoms with E-state index in [2.05, 4.69) is 18.2 Å². The summed E-state index contributed by atoms with van der Waals surface area (Å²) in [5.41, 5.74) is 4.00. The second-order valence-electron chi connectivity index (χ2n) is 7.62. The van der Waals surface area contributed by atoms with Gasteiger partial charge in [0.25, 0.3) is 0 Å². The fourth-order valence-electron chi connectivity index (χ4n) is 4.80. The maximum atomic E-state index is 13.7. The molecule has 29 heavy (non-hydrogen) atoms. The molecule has 0 N–H and O–H groups in total. The van der Waals surface area contributed by atoms with Crippen LogP contribution < -0.4 is 19.1 Å². The first kappa shape index (κ1) is 16.5. The molecule has 0 saturated carbocycles. The normalized spacial score (nSPS) is 21.1. The number of benzene rings is 3. The van der Waals surface area contributed by atoms with Crippen LogP contribution in [0, 0.1) is 0 Å². The Kier molecular flexibility index (Phi) is 3.28. The highest BCUT2D eigenvalue weighted by atomic mass is 16.6. The molecule has 0 saturated heterocycles. The standard InChI is InChI=1S/C24H19NO4/c1-25-18-9-5-8-16(15-6-3-2-4-7-15)22(18)24(23(25)26)14-29-19-13-21-20(12-17(19)24)27-10-11-28-21/h2-9,12-13H,10-11,14H2,1H3. The minimum absolute atomic E-state index is 0.0197. The van der Waals surface area contributed by atoms with Crippen molar-refractivity contribution in [3.05, 3.63) is 71.8 Å². The third-order valence-electron chi connectivity index (χ3n) is 6.13. The lowest BCUT2D eigenvalue weighted by molar-refractivity contribution is -0.121. The molecule has 3 heterocycles. The highest BCUT2D eigenvalue weighted by molar-refractivity contribution is 6.13. The lowest BCUT2D eigenvalue weighted by atomic mass is 9.74. The fourth-order valence-corrected chi connectivity index (χ4v) is 4.80. The second kappa shape index (κ2) is 5.77. The number of fused-ring (bicyclic) bond motifs is 5. The van der Waals surface area contributed by atoms with Crippen LogP contribution in [0.3, 0.4) is 0 Å². The van der Waals surface area contributed by atoms with Gasteiger partial charge in [0.2, 0.25) is 5.91 Å². The van der Waals surface area contributed by atoms with Gasteiger partial charge in [-0.15, -0.1) is 0 Å². The van der Waals surface area contributed by atoms with Crippen molar-refractivity contribution in [2.45, 2.75) is 5.41 Å². The minimum Gasteiger partial charge on any atom is -0.491 e. The zero-order chi connectivity index (χ0) is 19.6. The van der Waals surface area contributed by atoms with E-state index in [4.69, 9.17) is 14.2 Å². The molecular weight excluding hydrogens is 366 g/mol. The number of nitrogens with zero attached hydrogens (tertiary/aromatic N) is 1. The van der Waals surface area contributed by atoms with Gasteiger partial charge >= 0.3 is 0 Å². The van der Waals surface area contributed by atoms with Crippen molar-refractivity contribution in [3.8, 4) is 28.4 Å². The molecule has 3 aliphatic rings. The molecule has 1 spiro atoms. The third-order valence-corrected chi connectivity index (χ3v) is 6.13. The highest BCUT2D eigenvalue weighted by Crippen LogP contribution is 2.56. The number of ether oxygens (including phenoxy) is 3. The predicted molar refractivity (Wildman–Crippen MR) is 109 cm³/mol. The van der Waals surface area contributed by atoms with Crippen molar-refractivity contribution in [2.24, 2.45) is 0 Å². The summed E-state index contributed by atoms with van der Waals surface area (Å²) in [7, 11) is 1.83. The van der Waals surface area contributed by atoms with E-state index < -0.39 is 5.41 Å². The number of hydrogen-bond donors (Lipinski definition) is 0. The van der Waals surface area contributed by atoms with E-state index in [1.54, 1.807) is 4.90 Å². The number of likely N-dealkylation sites (N-methyl/N-ethyl adjacent to an activating group) is 1. The van der Waals surface area contributed by atoms with Gasteiger partial charge in [0.1, 0.15) is 31.0 Å². The van der Waals surface area contributed by atoms with Gasteiger partial charge in [0, 0.05) is 29.9 Å². The van der Waals surface area contributed by atoms with Crippen LogP contribution in [0.2, 0.25) is 0 Å². The summed E-state index contributed by atoms with van der Waals surface area (Å²) in [5, 5.41) is 0. The van der Waals surface area contributed by atoms with Crippen molar-refractivity contribution in [1.29, 1.82) is 0 Å². The summed E-state index contributed by atoms with van der Waals surface area (Å²) in [6.07, 6.45) is 0. The second-order valence-corrected chi connectivity index (χ2v) is 7.62. The van der Waals surface area contributed by atoms with E-state index in [0.29, 0.717) is 30.5 Å². The van der Waals surface area contributed by atoms with Gasteiger partial charge in [0.15, 0.2) is 11.5 Å². The van der Waals surface area contributed by atoms with Gasteiger partial charge in [-0.2, -0.15) is 0 Å². The summed E-state index contributed by atoms with van der Waals surface area (Å²) in [5.74, 6) is 2.04. The molecule has 0 aliphatic carbocycles. The van der Waals surface area contributed by atoms with E-state index in [9.17, 15) is 4.79 Å². The van der Waals surface area contributed by atoms with Crippen molar-refractivity contribution < 1.29 is 19.0 Å². The molecule has 3 aromatic rings. The van der Waals surface area contributed by atoms with Crippen LogP contribution in [-0.4, -0.2) is 32.8 Å². The smallest absolute Gasteiger partial charge is 0.245 e. The Bertz CT molecular complexity index is 1160. The molecule has 3 aromatic carbocycles. The molecule has 144 valence electrons. The molecule has 0 aromatic heterocycles. The minimum atomic E-state index is -0.887. The molecule has 1 atom stereocenters. The summed E-state index contributed by atoms with van der Waals surface area (Å²) in [6.45, 7) is 1.28. The van der Waals surface area contributed by atoms with Crippen molar-refractivity contribution in [3.63, 3.8) is 0 Å². The van der Waals surface area contributed by atoms with Crippen LogP contribution >= 0.6 is 0 Å². The first-order valence-corrected chi connectivity index (χ1v) is 9.74. The topological polar surface area (TPSA) is 48.0 Å². The Morgan fingerprint density at radius 1 is 0.862 bits per heavy atom. The number of amides is 1. The molecular formula is C24H19NO4. The Labute approximate surface area is 168 Å². The molecule has 1 amide bonds. The maximum Gasteiger partial charge on any atom is 0.245 e. The molecule has 0 bridgehead atoms. The zero-order valence-electron chi connectivity index (χ0n) is 16.0. The summed E-state index contributed by atoms with van der Waals surface area (Å²) >= 11 is 0. The Hall–Kier alpha value is -3.47.